The second kappa shape index (κ2) is 8.66. The molecule has 0 fully saturated rings. The Morgan fingerprint density at radius 2 is 1.90 bits per heavy atom. The minimum atomic E-state index is -0.159. The fourth-order valence-electron chi connectivity index (χ4n) is 3.23. The molecule has 4 heterocycles. The van der Waals surface area contributed by atoms with Gasteiger partial charge in [0.15, 0.2) is 11.0 Å². The number of hydrogen-bond donors (Lipinski definition) is 0. The summed E-state index contributed by atoms with van der Waals surface area (Å²) in [6, 6.07) is 19.3. The lowest BCUT2D eigenvalue weighted by Gasteiger charge is -2.10. The van der Waals surface area contributed by atoms with Gasteiger partial charge in [0.2, 0.25) is 0 Å². The van der Waals surface area contributed by atoms with E-state index < -0.39 is 0 Å². The second-order valence-corrected chi connectivity index (χ2v) is 9.13. The second-order valence-electron chi connectivity index (χ2n) is 6.81. The van der Waals surface area contributed by atoms with Gasteiger partial charge in [0.25, 0.3) is 5.56 Å². The topological polar surface area (TPSA) is 65.1 Å². The van der Waals surface area contributed by atoms with E-state index in [1.54, 1.807) is 29.7 Å². The molecule has 0 amide bonds. The zero-order valence-corrected chi connectivity index (χ0v) is 18.6. The number of benzene rings is 1. The van der Waals surface area contributed by atoms with Gasteiger partial charge in [0.1, 0.15) is 5.65 Å². The number of halogens is 1. The largest absolute Gasteiger partial charge is 0.297 e. The molecule has 0 spiro atoms. The summed E-state index contributed by atoms with van der Waals surface area (Å²) in [7, 11) is 0. The summed E-state index contributed by atoms with van der Waals surface area (Å²) in [6.07, 6.45) is 1.58. The number of thiophene rings is 1. The first-order valence-electron chi connectivity index (χ1n) is 9.49. The molecule has 5 aromatic rings. The maximum atomic E-state index is 12.5. The maximum Gasteiger partial charge on any atom is 0.258 e. The van der Waals surface area contributed by atoms with E-state index in [2.05, 4.69) is 31.9 Å². The maximum absolute atomic E-state index is 12.5. The average Bonchev–Trinajstić information content (AvgIpc) is 3.44. The van der Waals surface area contributed by atoms with E-state index in [9.17, 15) is 4.79 Å². The zero-order chi connectivity index (χ0) is 21.2. The Labute approximate surface area is 191 Å². The Bertz CT molecular complexity index is 1400. The van der Waals surface area contributed by atoms with Crippen molar-refractivity contribution in [1.82, 2.24) is 24.1 Å². The number of aromatic nitrogens is 5. The van der Waals surface area contributed by atoms with E-state index in [0.29, 0.717) is 28.7 Å². The number of thioether (sulfide) groups is 1. The third kappa shape index (κ3) is 4.27. The van der Waals surface area contributed by atoms with Crippen molar-refractivity contribution in [2.45, 2.75) is 17.5 Å². The van der Waals surface area contributed by atoms with Gasteiger partial charge in [0, 0.05) is 18.0 Å². The number of pyridine rings is 1. The van der Waals surface area contributed by atoms with Gasteiger partial charge in [-0.3, -0.25) is 13.8 Å². The fourth-order valence-corrected chi connectivity index (χ4v) is 4.94. The molecule has 5 rings (SSSR count). The van der Waals surface area contributed by atoms with Gasteiger partial charge < -0.3 is 0 Å². The van der Waals surface area contributed by atoms with E-state index in [0.717, 1.165) is 15.9 Å². The summed E-state index contributed by atoms with van der Waals surface area (Å²) >= 11 is 9.14. The smallest absolute Gasteiger partial charge is 0.258 e. The van der Waals surface area contributed by atoms with E-state index >= 15 is 0 Å². The molecule has 0 atom stereocenters. The average molecular weight is 466 g/mol. The minimum absolute atomic E-state index is 0.159. The Balaban J connectivity index is 1.46. The molecule has 9 heteroatoms. The van der Waals surface area contributed by atoms with Crippen molar-refractivity contribution in [1.29, 1.82) is 0 Å². The molecule has 0 saturated carbocycles. The van der Waals surface area contributed by atoms with Gasteiger partial charge in [-0.2, -0.15) is 0 Å². The zero-order valence-electron chi connectivity index (χ0n) is 16.2. The van der Waals surface area contributed by atoms with Crippen molar-refractivity contribution >= 4 is 40.3 Å². The summed E-state index contributed by atoms with van der Waals surface area (Å²) < 4.78 is 3.56. The molecule has 0 bridgehead atoms. The van der Waals surface area contributed by atoms with E-state index in [1.165, 1.54) is 27.8 Å². The van der Waals surface area contributed by atoms with Crippen molar-refractivity contribution in [3.8, 4) is 10.7 Å². The van der Waals surface area contributed by atoms with Crippen molar-refractivity contribution in [3.63, 3.8) is 0 Å². The lowest BCUT2D eigenvalue weighted by molar-refractivity contribution is 0.715. The molecule has 0 aliphatic rings. The van der Waals surface area contributed by atoms with Crippen molar-refractivity contribution < 1.29 is 0 Å². The Kier molecular flexibility index (Phi) is 5.59. The Morgan fingerprint density at radius 1 is 1.03 bits per heavy atom. The standard InChI is InChI=1S/C22H16ClN5OS2/c23-16-8-9-19-24-17(11-20(29)27(19)13-16)14-31-22-26-25-21(18-7-4-10-30-18)28(22)12-15-5-2-1-3-6-15/h1-11,13H,12,14H2. The van der Waals surface area contributed by atoms with Gasteiger partial charge in [-0.05, 0) is 29.1 Å². The molecule has 0 radical (unpaired) electrons. The highest BCUT2D eigenvalue weighted by atomic mass is 35.5. The highest BCUT2D eigenvalue weighted by Gasteiger charge is 2.16. The van der Waals surface area contributed by atoms with Crippen LogP contribution in [0.25, 0.3) is 16.3 Å². The van der Waals surface area contributed by atoms with Gasteiger partial charge in [-0.1, -0.05) is 59.8 Å². The normalized spacial score (nSPS) is 11.3. The fraction of sp³-hybridized carbons (Fsp3) is 0.0909. The molecule has 6 nitrogen and oxygen atoms in total. The van der Waals surface area contributed by atoms with Crippen LogP contribution in [0.5, 0.6) is 0 Å². The van der Waals surface area contributed by atoms with Crippen LogP contribution in [0, 0.1) is 0 Å². The van der Waals surface area contributed by atoms with Crippen LogP contribution in [0.1, 0.15) is 11.3 Å². The number of nitrogens with zero attached hydrogens (tertiary/aromatic N) is 5. The Hall–Kier alpha value is -2.94. The van der Waals surface area contributed by atoms with Crippen molar-refractivity contribution in [2.75, 3.05) is 0 Å². The SMILES string of the molecule is O=c1cc(CSc2nnc(-c3cccs3)n2Cc2ccccc2)nc2ccc(Cl)cn12. The quantitative estimate of drug-likeness (QED) is 0.330. The summed E-state index contributed by atoms with van der Waals surface area (Å²) in [4.78, 5) is 18.1. The van der Waals surface area contributed by atoms with E-state index in [4.69, 9.17) is 11.6 Å². The van der Waals surface area contributed by atoms with Crippen LogP contribution in [0.4, 0.5) is 0 Å². The van der Waals surface area contributed by atoms with Crippen molar-refractivity contribution in [2.24, 2.45) is 0 Å². The third-order valence-electron chi connectivity index (χ3n) is 4.67. The highest BCUT2D eigenvalue weighted by molar-refractivity contribution is 7.98. The summed E-state index contributed by atoms with van der Waals surface area (Å²) in [5.41, 5.74) is 2.26. The third-order valence-corrected chi connectivity index (χ3v) is 6.76. The van der Waals surface area contributed by atoms with E-state index in [-0.39, 0.29) is 5.56 Å². The minimum Gasteiger partial charge on any atom is -0.297 e. The number of hydrogen-bond acceptors (Lipinski definition) is 6. The Morgan fingerprint density at radius 3 is 2.71 bits per heavy atom. The molecule has 0 unspecified atom stereocenters. The van der Waals surface area contributed by atoms with Crippen molar-refractivity contribution in [3.05, 3.63) is 98.9 Å². The molecule has 0 aliphatic heterocycles. The number of fused-ring (bicyclic) bond motifs is 1. The molecule has 0 aliphatic carbocycles. The van der Waals surface area contributed by atoms with Crippen LogP contribution in [-0.2, 0) is 12.3 Å². The first kappa shape index (κ1) is 20.0. The summed E-state index contributed by atoms with van der Waals surface area (Å²) in [6.45, 7) is 0.662. The molecular weight excluding hydrogens is 450 g/mol. The molecule has 0 N–H and O–H groups in total. The lowest BCUT2D eigenvalue weighted by atomic mass is 10.2. The number of rotatable bonds is 6. The van der Waals surface area contributed by atoms with E-state index in [1.807, 2.05) is 35.7 Å². The summed E-state index contributed by atoms with van der Waals surface area (Å²) in [5.74, 6) is 1.34. The molecule has 31 heavy (non-hydrogen) atoms. The first-order chi connectivity index (χ1) is 15.2. The van der Waals surface area contributed by atoms with Crippen LogP contribution >= 0.6 is 34.7 Å². The predicted octanol–water partition coefficient (Wildman–Crippen LogP) is 5.01. The molecule has 1 aromatic carbocycles. The van der Waals surface area contributed by atoms with Crippen LogP contribution in [0.15, 0.2) is 82.2 Å². The molecule has 154 valence electrons. The predicted molar refractivity (Wildman–Crippen MR) is 125 cm³/mol. The van der Waals surface area contributed by atoms with Gasteiger partial charge in [-0.15, -0.1) is 21.5 Å². The molecule has 0 saturated heterocycles. The monoisotopic (exact) mass is 465 g/mol. The van der Waals surface area contributed by atoms with Crippen LogP contribution in [0.2, 0.25) is 5.02 Å². The van der Waals surface area contributed by atoms with Crippen LogP contribution < -0.4 is 5.56 Å². The van der Waals surface area contributed by atoms with Gasteiger partial charge in [-0.25, -0.2) is 4.98 Å². The first-order valence-corrected chi connectivity index (χ1v) is 11.7. The lowest BCUT2D eigenvalue weighted by Crippen LogP contribution is -2.15. The van der Waals surface area contributed by atoms with Crippen LogP contribution in [0.3, 0.4) is 0 Å². The molecule has 4 aromatic heterocycles. The van der Waals surface area contributed by atoms with Gasteiger partial charge >= 0.3 is 0 Å². The highest BCUT2D eigenvalue weighted by Crippen LogP contribution is 2.29. The molecular formula is C22H16ClN5OS2. The van der Waals surface area contributed by atoms with Gasteiger partial charge in [0.05, 0.1) is 22.1 Å². The van der Waals surface area contributed by atoms with Crippen LogP contribution in [-0.4, -0.2) is 24.1 Å². The summed E-state index contributed by atoms with van der Waals surface area (Å²) in [5, 5.41) is 12.2.